The number of hydrogen-bond acceptors (Lipinski definition) is 4. The summed E-state index contributed by atoms with van der Waals surface area (Å²) in [6.07, 6.45) is 0.720. The van der Waals surface area contributed by atoms with E-state index < -0.39 is 5.97 Å². The van der Waals surface area contributed by atoms with Gasteiger partial charge in [0.25, 0.3) is 0 Å². The molecule has 1 unspecified atom stereocenters. The van der Waals surface area contributed by atoms with E-state index in [0.29, 0.717) is 0 Å². The van der Waals surface area contributed by atoms with Crippen LogP contribution in [0.15, 0.2) is 0 Å². The molecule has 0 amide bonds. The molecule has 15 heavy (non-hydrogen) atoms. The van der Waals surface area contributed by atoms with Gasteiger partial charge < -0.3 is 14.6 Å². The van der Waals surface area contributed by atoms with E-state index in [1.165, 1.54) is 0 Å². The van der Waals surface area contributed by atoms with E-state index in [0.717, 1.165) is 6.42 Å². The lowest BCUT2D eigenvalue weighted by Crippen LogP contribution is -2.17. The first-order chi connectivity index (χ1) is 7.07. The molecule has 0 spiro atoms. The smallest absolute Gasteiger partial charge is 0.308 e. The minimum absolute atomic E-state index is 0.0285. The topological polar surface area (TPSA) is 72.8 Å². The Labute approximate surface area is 89.4 Å². The Kier molecular flexibility index (Phi) is 7.62. The number of carbonyl (C=O) groups is 2. The lowest BCUT2D eigenvalue weighted by atomic mass is 10.1. The van der Waals surface area contributed by atoms with E-state index in [1.807, 2.05) is 6.92 Å². The molecule has 0 aromatic rings. The quantitative estimate of drug-likeness (QED) is 0.487. The third kappa shape index (κ3) is 7.93. The molecule has 1 N–H and O–H groups in total. The predicted molar refractivity (Wildman–Crippen MR) is 53.5 cm³/mol. The highest BCUT2D eigenvalue weighted by atomic mass is 16.6. The van der Waals surface area contributed by atoms with Gasteiger partial charge in [-0.25, -0.2) is 0 Å². The zero-order chi connectivity index (χ0) is 11.7. The Morgan fingerprint density at radius 1 is 1.27 bits per heavy atom. The van der Waals surface area contributed by atoms with Crippen LogP contribution in [-0.4, -0.2) is 36.9 Å². The Bertz CT molecular complexity index is 202. The van der Waals surface area contributed by atoms with Gasteiger partial charge in [0.2, 0.25) is 0 Å². The second-order valence-electron chi connectivity index (χ2n) is 3.23. The van der Waals surface area contributed by atoms with Crippen molar-refractivity contribution in [1.82, 2.24) is 0 Å². The van der Waals surface area contributed by atoms with Crippen molar-refractivity contribution in [1.29, 1.82) is 0 Å². The summed E-state index contributed by atoms with van der Waals surface area (Å²) in [6, 6.07) is 0. The second-order valence-corrected chi connectivity index (χ2v) is 3.23. The largest absolute Gasteiger partial charge is 0.481 e. The van der Waals surface area contributed by atoms with Gasteiger partial charge in [-0.2, -0.15) is 0 Å². The molecule has 5 nitrogen and oxygen atoms in total. The van der Waals surface area contributed by atoms with Crippen LogP contribution < -0.4 is 0 Å². The van der Waals surface area contributed by atoms with Gasteiger partial charge in [-0.1, -0.05) is 13.8 Å². The van der Waals surface area contributed by atoms with Crippen molar-refractivity contribution in [2.45, 2.75) is 26.7 Å². The lowest BCUT2D eigenvalue weighted by molar-refractivity contribution is -0.150. The molecule has 88 valence electrons. The van der Waals surface area contributed by atoms with Crippen LogP contribution in [-0.2, 0) is 19.1 Å². The zero-order valence-corrected chi connectivity index (χ0v) is 9.19. The van der Waals surface area contributed by atoms with Crippen LogP contribution in [0.1, 0.15) is 26.7 Å². The Hall–Kier alpha value is -1.10. The van der Waals surface area contributed by atoms with Gasteiger partial charge in [-0.15, -0.1) is 0 Å². The Morgan fingerprint density at radius 2 is 1.93 bits per heavy atom. The Balaban J connectivity index is 3.31. The van der Waals surface area contributed by atoms with Crippen molar-refractivity contribution < 1.29 is 24.2 Å². The van der Waals surface area contributed by atoms with Crippen LogP contribution >= 0.6 is 0 Å². The number of aliphatic carboxylic acids is 1. The molecule has 0 aliphatic carbocycles. The first-order valence-corrected chi connectivity index (χ1v) is 5.04. The number of carboxylic acids is 1. The minimum Gasteiger partial charge on any atom is -0.481 e. The summed E-state index contributed by atoms with van der Waals surface area (Å²) in [5, 5.41) is 8.30. The minimum atomic E-state index is -0.897. The van der Waals surface area contributed by atoms with Crippen molar-refractivity contribution in [2.24, 2.45) is 5.92 Å². The van der Waals surface area contributed by atoms with E-state index in [-0.39, 0.29) is 38.1 Å². The summed E-state index contributed by atoms with van der Waals surface area (Å²) < 4.78 is 9.84. The van der Waals surface area contributed by atoms with E-state index in [1.54, 1.807) is 6.92 Å². The van der Waals surface area contributed by atoms with Gasteiger partial charge in [0.05, 0.1) is 25.6 Å². The van der Waals surface area contributed by atoms with Crippen molar-refractivity contribution in [3.63, 3.8) is 0 Å². The maximum atomic E-state index is 11.1. The molecule has 0 heterocycles. The number of ether oxygens (including phenoxy) is 2. The van der Waals surface area contributed by atoms with E-state index >= 15 is 0 Å². The average molecular weight is 218 g/mol. The summed E-state index contributed by atoms with van der Waals surface area (Å²) in [7, 11) is 0. The number of rotatable bonds is 8. The monoisotopic (exact) mass is 218 g/mol. The van der Waals surface area contributed by atoms with Crippen LogP contribution in [0.2, 0.25) is 0 Å². The van der Waals surface area contributed by atoms with Gasteiger partial charge in [-0.05, 0) is 6.42 Å². The van der Waals surface area contributed by atoms with Gasteiger partial charge in [-0.3, -0.25) is 9.59 Å². The molecule has 0 aromatic heterocycles. The summed E-state index contributed by atoms with van der Waals surface area (Å²) in [5.41, 5.74) is 0. The fraction of sp³-hybridized carbons (Fsp3) is 0.800. The molecule has 0 aliphatic rings. The summed E-state index contributed by atoms with van der Waals surface area (Å²) in [5.74, 6) is -1.23. The predicted octanol–water partition coefficient (Wildman–Crippen LogP) is 1.07. The van der Waals surface area contributed by atoms with E-state index in [2.05, 4.69) is 0 Å². The first kappa shape index (κ1) is 13.9. The maximum absolute atomic E-state index is 11.1. The van der Waals surface area contributed by atoms with Crippen molar-refractivity contribution >= 4 is 11.9 Å². The molecule has 0 aromatic carbocycles. The molecule has 0 saturated heterocycles. The normalized spacial score (nSPS) is 12.1. The standard InChI is InChI=1S/C10H18O5/c1-3-8(2)10(13)15-7-6-14-5-4-9(11)12/h8H,3-7H2,1-2H3,(H,11,12). The highest BCUT2D eigenvalue weighted by molar-refractivity contribution is 5.71. The summed E-state index contributed by atoms with van der Waals surface area (Å²) >= 11 is 0. The van der Waals surface area contributed by atoms with Gasteiger partial charge in [0.15, 0.2) is 0 Å². The molecule has 0 bridgehead atoms. The summed E-state index contributed by atoms with van der Waals surface area (Å²) in [4.78, 5) is 21.2. The van der Waals surface area contributed by atoms with E-state index in [4.69, 9.17) is 14.6 Å². The zero-order valence-electron chi connectivity index (χ0n) is 9.19. The van der Waals surface area contributed by atoms with Crippen LogP contribution in [0.3, 0.4) is 0 Å². The van der Waals surface area contributed by atoms with Crippen LogP contribution in [0.25, 0.3) is 0 Å². The molecule has 0 rings (SSSR count). The molecule has 0 fully saturated rings. The van der Waals surface area contributed by atoms with E-state index in [9.17, 15) is 9.59 Å². The SMILES string of the molecule is CCC(C)C(=O)OCCOCCC(=O)O. The molecular weight excluding hydrogens is 200 g/mol. The molecular formula is C10H18O5. The number of carbonyl (C=O) groups excluding carboxylic acids is 1. The number of hydrogen-bond donors (Lipinski definition) is 1. The highest BCUT2D eigenvalue weighted by Crippen LogP contribution is 2.02. The Morgan fingerprint density at radius 3 is 2.47 bits per heavy atom. The molecule has 1 atom stereocenters. The van der Waals surface area contributed by atoms with Crippen molar-refractivity contribution in [3.8, 4) is 0 Å². The van der Waals surface area contributed by atoms with Crippen molar-refractivity contribution in [2.75, 3.05) is 19.8 Å². The van der Waals surface area contributed by atoms with Crippen LogP contribution in [0.4, 0.5) is 0 Å². The van der Waals surface area contributed by atoms with Crippen LogP contribution in [0, 0.1) is 5.92 Å². The molecule has 0 radical (unpaired) electrons. The van der Waals surface area contributed by atoms with Gasteiger partial charge >= 0.3 is 11.9 Å². The third-order valence-electron chi connectivity index (χ3n) is 1.95. The van der Waals surface area contributed by atoms with Gasteiger partial charge in [0, 0.05) is 0 Å². The fourth-order valence-electron chi connectivity index (χ4n) is 0.772. The number of esters is 1. The lowest BCUT2D eigenvalue weighted by Gasteiger charge is -2.08. The molecule has 0 aliphatic heterocycles. The molecule has 5 heteroatoms. The average Bonchev–Trinajstić information content (AvgIpc) is 2.21. The summed E-state index contributed by atoms with van der Waals surface area (Å²) in [6.45, 7) is 4.29. The first-order valence-electron chi connectivity index (χ1n) is 5.04. The third-order valence-corrected chi connectivity index (χ3v) is 1.95. The second kappa shape index (κ2) is 8.23. The molecule has 0 saturated carbocycles. The van der Waals surface area contributed by atoms with Gasteiger partial charge in [0.1, 0.15) is 6.61 Å². The van der Waals surface area contributed by atoms with Crippen LogP contribution in [0.5, 0.6) is 0 Å². The van der Waals surface area contributed by atoms with Crippen molar-refractivity contribution in [3.05, 3.63) is 0 Å². The fourth-order valence-corrected chi connectivity index (χ4v) is 0.772. The highest BCUT2D eigenvalue weighted by Gasteiger charge is 2.11. The number of carboxylic acid groups (broad SMARTS) is 1. The maximum Gasteiger partial charge on any atom is 0.308 e.